The molecule has 0 N–H and O–H groups in total. The Bertz CT molecular complexity index is 2560. The van der Waals surface area contributed by atoms with Crippen molar-refractivity contribution in [3.63, 3.8) is 0 Å². The molecule has 226 valence electrons. The number of para-hydroxylation sites is 1. The van der Waals surface area contributed by atoms with Gasteiger partial charge in [0.2, 0.25) is 0 Å². The Kier molecular flexibility index (Phi) is 6.84. The van der Waals surface area contributed by atoms with Gasteiger partial charge in [-0.15, -0.1) is 0 Å². The van der Waals surface area contributed by atoms with Crippen molar-refractivity contribution in [2.75, 3.05) is 4.90 Å². The van der Waals surface area contributed by atoms with Gasteiger partial charge in [-0.1, -0.05) is 127 Å². The van der Waals surface area contributed by atoms with Gasteiger partial charge in [0, 0.05) is 33.9 Å². The molecule has 48 heavy (non-hydrogen) atoms. The van der Waals surface area contributed by atoms with Crippen LogP contribution < -0.4 is 4.90 Å². The lowest BCUT2D eigenvalue weighted by Crippen LogP contribution is -2.10. The smallest absolute Gasteiger partial charge is 0.137 e. The molecule has 0 spiro atoms. The normalized spacial score (nSPS) is 11.3. The van der Waals surface area contributed by atoms with Crippen LogP contribution in [0.15, 0.2) is 192 Å². The zero-order valence-electron chi connectivity index (χ0n) is 26.3. The monoisotopic (exact) mass is 613 g/mol. The minimum Gasteiger partial charge on any atom is -0.456 e. The van der Waals surface area contributed by atoms with Crippen molar-refractivity contribution in [1.29, 1.82) is 0 Å². The lowest BCUT2D eigenvalue weighted by Gasteiger charge is -2.26. The minimum atomic E-state index is 0.874. The molecule has 9 aromatic rings. The van der Waals surface area contributed by atoms with Crippen LogP contribution in [-0.4, -0.2) is 0 Å². The fraction of sp³-hybridized carbons (Fsp3) is 0. The molecule has 0 bridgehead atoms. The molecule has 2 heteroatoms. The highest BCUT2D eigenvalue weighted by atomic mass is 16.3. The standard InChI is InChI=1S/C46H31NO/c1-2-10-32(11-3-1)36-14-8-15-37(28-36)34-22-24-40(25-23-34)47(42-26-27-44-43-18-6-7-19-45(43)48-46(44)31-42)41-17-9-16-38(30-41)39-21-20-33-12-4-5-13-35(33)29-39/h1-31H. The van der Waals surface area contributed by atoms with Gasteiger partial charge >= 0.3 is 0 Å². The van der Waals surface area contributed by atoms with Gasteiger partial charge < -0.3 is 9.32 Å². The summed E-state index contributed by atoms with van der Waals surface area (Å²) in [6.07, 6.45) is 0. The van der Waals surface area contributed by atoms with Crippen molar-refractivity contribution in [1.82, 2.24) is 0 Å². The molecule has 0 unspecified atom stereocenters. The van der Waals surface area contributed by atoms with Gasteiger partial charge in [0.15, 0.2) is 0 Å². The number of benzene rings is 8. The summed E-state index contributed by atoms with van der Waals surface area (Å²) in [5.41, 5.74) is 12.1. The molecule has 0 saturated carbocycles. The van der Waals surface area contributed by atoms with E-state index in [0.717, 1.165) is 39.0 Å². The van der Waals surface area contributed by atoms with Gasteiger partial charge in [-0.3, -0.25) is 0 Å². The Morgan fingerprint density at radius 2 is 0.854 bits per heavy atom. The Balaban J connectivity index is 1.15. The molecule has 0 amide bonds. The first-order valence-electron chi connectivity index (χ1n) is 16.3. The average Bonchev–Trinajstić information content (AvgIpc) is 3.54. The highest BCUT2D eigenvalue weighted by Gasteiger charge is 2.17. The SMILES string of the molecule is c1ccc(-c2cccc(-c3ccc(N(c4cccc(-c5ccc6ccccc6c5)c4)c4ccc5c(c4)oc4ccccc45)cc3)c2)cc1. The largest absolute Gasteiger partial charge is 0.456 e. The van der Waals surface area contributed by atoms with Crippen molar-refractivity contribution < 1.29 is 4.42 Å². The molecule has 0 fully saturated rings. The van der Waals surface area contributed by atoms with E-state index in [9.17, 15) is 0 Å². The highest BCUT2D eigenvalue weighted by molar-refractivity contribution is 6.06. The summed E-state index contributed by atoms with van der Waals surface area (Å²) in [5, 5.41) is 4.73. The molecule has 0 aliphatic heterocycles. The Hall–Kier alpha value is -6.38. The van der Waals surface area contributed by atoms with E-state index >= 15 is 0 Å². The van der Waals surface area contributed by atoms with Gasteiger partial charge in [0.05, 0.1) is 0 Å². The maximum atomic E-state index is 6.35. The van der Waals surface area contributed by atoms with Gasteiger partial charge in [-0.25, -0.2) is 0 Å². The summed E-state index contributed by atoms with van der Waals surface area (Å²) in [7, 11) is 0. The van der Waals surface area contributed by atoms with E-state index in [1.807, 2.05) is 12.1 Å². The zero-order valence-corrected chi connectivity index (χ0v) is 26.3. The first-order chi connectivity index (χ1) is 23.8. The molecule has 9 rings (SSSR count). The number of hydrogen-bond acceptors (Lipinski definition) is 2. The van der Waals surface area contributed by atoms with E-state index in [-0.39, 0.29) is 0 Å². The molecular formula is C46H31NO. The van der Waals surface area contributed by atoms with E-state index in [2.05, 4.69) is 181 Å². The van der Waals surface area contributed by atoms with Crippen molar-refractivity contribution >= 4 is 49.8 Å². The van der Waals surface area contributed by atoms with Gasteiger partial charge in [0.25, 0.3) is 0 Å². The molecule has 0 aliphatic carbocycles. The number of fused-ring (bicyclic) bond motifs is 4. The van der Waals surface area contributed by atoms with Crippen LogP contribution in [0.1, 0.15) is 0 Å². The lowest BCUT2D eigenvalue weighted by atomic mass is 9.98. The molecular weight excluding hydrogens is 583 g/mol. The molecule has 2 nitrogen and oxygen atoms in total. The van der Waals surface area contributed by atoms with Gasteiger partial charge in [0.1, 0.15) is 11.2 Å². The van der Waals surface area contributed by atoms with E-state index in [4.69, 9.17) is 4.42 Å². The van der Waals surface area contributed by atoms with Crippen molar-refractivity contribution in [3.8, 4) is 33.4 Å². The second-order valence-electron chi connectivity index (χ2n) is 12.2. The third kappa shape index (κ3) is 5.10. The zero-order chi connectivity index (χ0) is 31.9. The lowest BCUT2D eigenvalue weighted by molar-refractivity contribution is 0.669. The number of nitrogens with zero attached hydrogens (tertiary/aromatic N) is 1. The van der Waals surface area contributed by atoms with Crippen LogP contribution in [0.3, 0.4) is 0 Å². The Labute approximate surface area is 279 Å². The maximum absolute atomic E-state index is 6.35. The van der Waals surface area contributed by atoms with Gasteiger partial charge in [-0.05, 0) is 98.8 Å². The molecule has 0 radical (unpaired) electrons. The second kappa shape index (κ2) is 11.8. The third-order valence-electron chi connectivity index (χ3n) is 9.24. The van der Waals surface area contributed by atoms with Crippen LogP contribution in [0.25, 0.3) is 66.1 Å². The van der Waals surface area contributed by atoms with E-state index < -0.39 is 0 Å². The molecule has 8 aromatic carbocycles. The summed E-state index contributed by atoms with van der Waals surface area (Å²) >= 11 is 0. The summed E-state index contributed by atoms with van der Waals surface area (Å²) in [4.78, 5) is 2.32. The van der Waals surface area contributed by atoms with Crippen LogP contribution in [-0.2, 0) is 0 Å². The molecule has 0 saturated heterocycles. The number of furan rings is 1. The van der Waals surface area contributed by atoms with Crippen molar-refractivity contribution in [2.24, 2.45) is 0 Å². The number of anilines is 3. The third-order valence-corrected chi connectivity index (χ3v) is 9.24. The molecule has 1 heterocycles. The summed E-state index contributed by atoms with van der Waals surface area (Å²) in [5.74, 6) is 0. The van der Waals surface area contributed by atoms with Crippen molar-refractivity contribution in [2.45, 2.75) is 0 Å². The molecule has 0 aliphatic rings. The second-order valence-corrected chi connectivity index (χ2v) is 12.2. The minimum absolute atomic E-state index is 0.874. The molecule has 1 aromatic heterocycles. The number of rotatable bonds is 6. The van der Waals surface area contributed by atoms with E-state index in [1.165, 1.54) is 44.2 Å². The highest BCUT2D eigenvalue weighted by Crippen LogP contribution is 2.40. The summed E-state index contributed by atoms with van der Waals surface area (Å²) in [6.45, 7) is 0. The van der Waals surface area contributed by atoms with E-state index in [1.54, 1.807) is 0 Å². The maximum Gasteiger partial charge on any atom is 0.137 e. The molecule has 0 atom stereocenters. The van der Waals surface area contributed by atoms with Crippen LogP contribution in [0.5, 0.6) is 0 Å². The van der Waals surface area contributed by atoms with Crippen LogP contribution in [0, 0.1) is 0 Å². The van der Waals surface area contributed by atoms with Gasteiger partial charge in [-0.2, -0.15) is 0 Å². The van der Waals surface area contributed by atoms with Crippen LogP contribution in [0.4, 0.5) is 17.1 Å². The van der Waals surface area contributed by atoms with Crippen LogP contribution in [0.2, 0.25) is 0 Å². The predicted octanol–water partition coefficient (Wildman–Crippen LogP) is 13.2. The number of hydrogen-bond donors (Lipinski definition) is 0. The Morgan fingerprint density at radius 3 is 1.69 bits per heavy atom. The Morgan fingerprint density at radius 1 is 0.292 bits per heavy atom. The first-order valence-corrected chi connectivity index (χ1v) is 16.3. The van der Waals surface area contributed by atoms with E-state index in [0.29, 0.717) is 0 Å². The summed E-state index contributed by atoms with van der Waals surface area (Å²) in [6, 6.07) is 67.0. The first kappa shape index (κ1) is 27.9. The topological polar surface area (TPSA) is 16.4 Å². The fourth-order valence-electron chi connectivity index (χ4n) is 6.81. The summed E-state index contributed by atoms with van der Waals surface area (Å²) < 4.78 is 6.35. The fourth-order valence-corrected chi connectivity index (χ4v) is 6.81. The average molecular weight is 614 g/mol. The predicted molar refractivity (Wildman–Crippen MR) is 202 cm³/mol. The quantitative estimate of drug-likeness (QED) is 0.185. The van der Waals surface area contributed by atoms with Crippen LogP contribution >= 0.6 is 0 Å². The van der Waals surface area contributed by atoms with Crippen molar-refractivity contribution in [3.05, 3.63) is 188 Å².